The quantitative estimate of drug-likeness (QED) is 0.749. The third-order valence-electron chi connectivity index (χ3n) is 3.59. The average Bonchev–Trinajstić information content (AvgIpc) is 3.41. The molecular formula is C20H27N5O. The minimum absolute atomic E-state index is 0.556. The van der Waals surface area contributed by atoms with Crippen molar-refractivity contribution < 1.29 is 4.74 Å². The summed E-state index contributed by atoms with van der Waals surface area (Å²) in [5.74, 6) is 0.556. The molecule has 26 heavy (non-hydrogen) atoms. The molecule has 0 aliphatic carbocycles. The van der Waals surface area contributed by atoms with Crippen molar-refractivity contribution >= 4 is 11.6 Å². The summed E-state index contributed by atoms with van der Waals surface area (Å²) in [6.45, 7) is 7.94. The van der Waals surface area contributed by atoms with Crippen molar-refractivity contribution in [3.8, 4) is 5.69 Å². The first kappa shape index (κ1) is 19.6. The van der Waals surface area contributed by atoms with Crippen molar-refractivity contribution in [2.24, 2.45) is 0 Å². The Kier molecular flexibility index (Phi) is 8.29. The number of nitrogens with zero attached hydrogens (tertiary/aromatic N) is 4. The number of aryl methyl sites for hydroxylation is 1. The third-order valence-corrected chi connectivity index (χ3v) is 3.59. The number of aromatic nitrogens is 4. The number of pyridine rings is 1. The molecule has 0 bridgehead atoms. The minimum Gasteiger partial charge on any atom is -0.381 e. The molecule has 1 fully saturated rings. The van der Waals surface area contributed by atoms with Crippen LogP contribution < -0.4 is 5.32 Å². The fraction of sp³-hybridized carbons (Fsp3) is 0.350. The van der Waals surface area contributed by atoms with E-state index in [-0.39, 0.29) is 0 Å². The van der Waals surface area contributed by atoms with Gasteiger partial charge in [-0.25, -0.2) is 4.68 Å². The van der Waals surface area contributed by atoms with Gasteiger partial charge in [0.25, 0.3) is 0 Å². The van der Waals surface area contributed by atoms with Gasteiger partial charge >= 0.3 is 0 Å². The Bertz CT molecular complexity index is 746. The maximum atomic E-state index is 4.94. The first-order chi connectivity index (χ1) is 12.8. The molecule has 0 saturated carbocycles. The highest BCUT2D eigenvalue weighted by molar-refractivity contribution is 5.55. The van der Waals surface area contributed by atoms with Crippen LogP contribution in [0.15, 0.2) is 55.0 Å². The van der Waals surface area contributed by atoms with Crippen LogP contribution in [0, 0.1) is 6.92 Å². The first-order valence-corrected chi connectivity index (χ1v) is 9.06. The predicted molar refractivity (Wildman–Crippen MR) is 105 cm³/mol. The molecule has 1 saturated heterocycles. The van der Waals surface area contributed by atoms with Crippen molar-refractivity contribution in [2.75, 3.05) is 18.5 Å². The summed E-state index contributed by atoms with van der Waals surface area (Å²) in [6.07, 6.45) is 6.00. The molecule has 0 spiro atoms. The Balaban J connectivity index is 0.000000295. The first-order valence-electron chi connectivity index (χ1n) is 9.06. The maximum Gasteiger partial charge on any atom is 0.247 e. The molecule has 4 rings (SSSR count). The Labute approximate surface area is 155 Å². The lowest BCUT2D eigenvalue weighted by Gasteiger charge is -2.04. The Morgan fingerprint density at radius 3 is 2.31 bits per heavy atom. The van der Waals surface area contributed by atoms with Crippen LogP contribution in [0.5, 0.6) is 0 Å². The Hall–Kier alpha value is -2.73. The SMILES string of the molecule is C1CCOC1.CC.Cc1ncccc1Nc1ncn(-c2ccccc2)n1. The summed E-state index contributed by atoms with van der Waals surface area (Å²) in [6, 6.07) is 13.7. The van der Waals surface area contributed by atoms with E-state index in [2.05, 4.69) is 20.4 Å². The zero-order valence-corrected chi connectivity index (χ0v) is 15.7. The van der Waals surface area contributed by atoms with Crippen molar-refractivity contribution in [2.45, 2.75) is 33.6 Å². The van der Waals surface area contributed by atoms with Gasteiger partial charge in [-0.15, -0.1) is 5.10 Å². The largest absolute Gasteiger partial charge is 0.381 e. The molecule has 1 aliphatic rings. The van der Waals surface area contributed by atoms with Crippen molar-refractivity contribution in [3.05, 3.63) is 60.7 Å². The monoisotopic (exact) mass is 353 g/mol. The van der Waals surface area contributed by atoms with Crippen LogP contribution in [-0.2, 0) is 4.74 Å². The van der Waals surface area contributed by atoms with Crippen molar-refractivity contribution in [1.29, 1.82) is 0 Å². The van der Waals surface area contributed by atoms with Gasteiger partial charge in [0.2, 0.25) is 5.95 Å². The van der Waals surface area contributed by atoms with Crippen LogP contribution >= 0.6 is 0 Å². The molecule has 3 heterocycles. The van der Waals surface area contributed by atoms with E-state index in [0.717, 1.165) is 30.3 Å². The van der Waals surface area contributed by atoms with Gasteiger partial charge in [0.1, 0.15) is 6.33 Å². The van der Waals surface area contributed by atoms with E-state index in [1.807, 2.05) is 63.2 Å². The smallest absolute Gasteiger partial charge is 0.247 e. The molecule has 138 valence electrons. The van der Waals surface area contributed by atoms with Gasteiger partial charge in [-0.3, -0.25) is 4.98 Å². The number of hydrogen-bond acceptors (Lipinski definition) is 5. The second kappa shape index (κ2) is 11.0. The standard InChI is InChI=1S/C14H13N5.C4H8O.C2H6/c1-11-13(8-5-9-15-11)17-14-16-10-19(18-14)12-6-3-2-4-7-12;1-2-4-5-3-1;1-2/h2-10H,1H3,(H,17,18);1-4H2;1-2H3. The third kappa shape index (κ3) is 5.97. The molecule has 1 N–H and O–H groups in total. The number of anilines is 2. The highest BCUT2D eigenvalue weighted by Crippen LogP contribution is 2.15. The highest BCUT2D eigenvalue weighted by Gasteiger charge is 2.04. The van der Waals surface area contributed by atoms with Crippen LogP contribution in [-0.4, -0.2) is 33.0 Å². The molecule has 6 heteroatoms. The number of para-hydroxylation sites is 1. The van der Waals surface area contributed by atoms with E-state index >= 15 is 0 Å². The number of ether oxygens (including phenoxy) is 1. The van der Waals surface area contributed by atoms with E-state index in [9.17, 15) is 0 Å². The van der Waals surface area contributed by atoms with Crippen LogP contribution in [0.1, 0.15) is 32.4 Å². The van der Waals surface area contributed by atoms with Gasteiger partial charge in [-0.05, 0) is 44.0 Å². The maximum absolute atomic E-state index is 4.94. The van der Waals surface area contributed by atoms with E-state index in [1.54, 1.807) is 17.2 Å². The van der Waals surface area contributed by atoms with E-state index < -0.39 is 0 Å². The van der Waals surface area contributed by atoms with Crippen LogP contribution in [0.4, 0.5) is 11.6 Å². The molecule has 3 aromatic rings. The van der Waals surface area contributed by atoms with Gasteiger partial charge in [-0.2, -0.15) is 4.98 Å². The molecular weight excluding hydrogens is 326 g/mol. The molecule has 6 nitrogen and oxygen atoms in total. The molecule has 1 aromatic carbocycles. The lowest BCUT2D eigenvalue weighted by molar-refractivity contribution is 0.198. The topological polar surface area (TPSA) is 64.9 Å². The van der Waals surface area contributed by atoms with E-state index in [0.29, 0.717) is 5.95 Å². The molecule has 0 atom stereocenters. The fourth-order valence-electron chi connectivity index (χ4n) is 2.27. The second-order valence-corrected chi connectivity index (χ2v) is 5.43. The van der Waals surface area contributed by atoms with Gasteiger partial charge in [0.05, 0.1) is 17.1 Å². The van der Waals surface area contributed by atoms with Gasteiger partial charge < -0.3 is 10.1 Å². The van der Waals surface area contributed by atoms with E-state index in [4.69, 9.17) is 4.74 Å². The molecule has 0 amide bonds. The lowest BCUT2D eigenvalue weighted by atomic mass is 10.3. The molecule has 2 aromatic heterocycles. The predicted octanol–water partition coefficient (Wildman–Crippen LogP) is 4.54. The number of rotatable bonds is 3. The van der Waals surface area contributed by atoms with Crippen LogP contribution in [0.2, 0.25) is 0 Å². The molecule has 1 aliphatic heterocycles. The molecule has 0 unspecified atom stereocenters. The zero-order chi connectivity index (χ0) is 18.6. The van der Waals surface area contributed by atoms with Crippen molar-refractivity contribution in [1.82, 2.24) is 19.7 Å². The summed E-state index contributed by atoms with van der Waals surface area (Å²) in [5.41, 5.74) is 2.80. The summed E-state index contributed by atoms with van der Waals surface area (Å²) in [4.78, 5) is 8.46. The lowest BCUT2D eigenvalue weighted by Crippen LogP contribution is -1.98. The van der Waals surface area contributed by atoms with Gasteiger partial charge in [0.15, 0.2) is 0 Å². The van der Waals surface area contributed by atoms with Gasteiger partial charge in [-0.1, -0.05) is 32.0 Å². The number of hydrogen-bond donors (Lipinski definition) is 1. The summed E-state index contributed by atoms with van der Waals surface area (Å²) >= 11 is 0. The van der Waals surface area contributed by atoms with Crippen LogP contribution in [0.3, 0.4) is 0 Å². The summed E-state index contributed by atoms with van der Waals surface area (Å²) < 4.78 is 6.67. The zero-order valence-electron chi connectivity index (χ0n) is 15.7. The van der Waals surface area contributed by atoms with E-state index in [1.165, 1.54) is 12.8 Å². The Morgan fingerprint density at radius 2 is 1.69 bits per heavy atom. The minimum atomic E-state index is 0.556. The highest BCUT2D eigenvalue weighted by atomic mass is 16.5. The second-order valence-electron chi connectivity index (χ2n) is 5.43. The van der Waals surface area contributed by atoms with Crippen molar-refractivity contribution in [3.63, 3.8) is 0 Å². The number of benzene rings is 1. The van der Waals surface area contributed by atoms with Gasteiger partial charge in [0, 0.05) is 19.4 Å². The number of nitrogens with one attached hydrogen (secondary N) is 1. The molecule has 0 radical (unpaired) electrons. The normalized spacial score (nSPS) is 12.4. The fourth-order valence-corrected chi connectivity index (χ4v) is 2.27. The van der Waals surface area contributed by atoms with Crippen LogP contribution in [0.25, 0.3) is 5.69 Å². The summed E-state index contributed by atoms with van der Waals surface area (Å²) in [7, 11) is 0. The average molecular weight is 353 g/mol. The summed E-state index contributed by atoms with van der Waals surface area (Å²) in [5, 5.41) is 7.54. The Morgan fingerprint density at radius 1 is 0.962 bits per heavy atom.